The lowest BCUT2D eigenvalue weighted by Crippen LogP contribution is -2.37. The third-order valence-corrected chi connectivity index (χ3v) is 3.43. The van der Waals surface area contributed by atoms with Crippen molar-refractivity contribution in [3.8, 4) is 0 Å². The Hall–Kier alpha value is -2.44. The summed E-state index contributed by atoms with van der Waals surface area (Å²) in [6, 6.07) is 0. The quantitative estimate of drug-likeness (QED) is 0.652. The average molecular weight is 386 g/mol. The lowest BCUT2D eigenvalue weighted by atomic mass is 10.1. The minimum atomic E-state index is -5.08. The molecule has 0 aliphatic carbocycles. The van der Waals surface area contributed by atoms with Crippen molar-refractivity contribution in [1.82, 2.24) is 15.1 Å². The molecule has 1 aromatic rings. The van der Waals surface area contributed by atoms with Gasteiger partial charge in [-0.25, -0.2) is 4.79 Å². The number of hydrogen-bond acceptors (Lipinski definition) is 7. The standard InChI is InChI=1S/C10H16N4O3S.C2HF3O2/c1-3-14(5-6(2)9(16)17)8(15)4-7-12-13-10(11)18-7;3-2(4,5)1(6)7/h6H,3-5H2,1-2H3,(H2,11,13)(H,16,17);(H,6,7). The van der Waals surface area contributed by atoms with Crippen molar-refractivity contribution in [2.45, 2.75) is 26.4 Å². The zero-order valence-corrected chi connectivity index (χ0v) is 14.1. The van der Waals surface area contributed by atoms with Gasteiger partial charge in [-0.15, -0.1) is 10.2 Å². The molecule has 1 aromatic heterocycles. The van der Waals surface area contributed by atoms with Crippen molar-refractivity contribution >= 4 is 34.3 Å². The van der Waals surface area contributed by atoms with Crippen molar-refractivity contribution in [3.63, 3.8) is 0 Å². The van der Waals surface area contributed by atoms with Gasteiger partial charge in [-0.3, -0.25) is 9.59 Å². The minimum Gasteiger partial charge on any atom is -0.481 e. The molecule has 0 bridgehead atoms. The number of likely N-dealkylation sites (N-methyl/N-ethyl adjacent to an activating group) is 1. The number of aliphatic carboxylic acids is 2. The maximum Gasteiger partial charge on any atom is 0.490 e. The first kappa shape index (κ1) is 22.6. The number of nitrogen functional groups attached to an aromatic ring is 1. The molecule has 1 heterocycles. The van der Waals surface area contributed by atoms with Crippen molar-refractivity contribution in [1.29, 1.82) is 0 Å². The van der Waals surface area contributed by atoms with Crippen molar-refractivity contribution in [2.75, 3.05) is 18.8 Å². The van der Waals surface area contributed by atoms with Crippen LogP contribution in [0.1, 0.15) is 18.9 Å². The van der Waals surface area contributed by atoms with Crippen LogP contribution in [-0.2, 0) is 20.8 Å². The van der Waals surface area contributed by atoms with E-state index >= 15 is 0 Å². The van der Waals surface area contributed by atoms with E-state index in [1.54, 1.807) is 13.8 Å². The topological polar surface area (TPSA) is 147 Å². The summed E-state index contributed by atoms with van der Waals surface area (Å²) in [7, 11) is 0. The number of carbonyl (C=O) groups is 3. The minimum absolute atomic E-state index is 0.106. The number of halogens is 3. The second-order valence-corrected chi connectivity index (χ2v) is 5.78. The van der Waals surface area contributed by atoms with Gasteiger partial charge >= 0.3 is 18.1 Å². The number of alkyl halides is 3. The maximum absolute atomic E-state index is 11.9. The Morgan fingerprint density at radius 1 is 1.28 bits per heavy atom. The van der Waals surface area contributed by atoms with Crippen LogP contribution in [0.5, 0.6) is 0 Å². The van der Waals surface area contributed by atoms with Gasteiger partial charge in [-0.2, -0.15) is 13.2 Å². The third kappa shape index (κ3) is 8.83. The molecule has 0 saturated heterocycles. The molecule has 9 nitrogen and oxygen atoms in total. The monoisotopic (exact) mass is 386 g/mol. The number of carboxylic acid groups (broad SMARTS) is 2. The van der Waals surface area contributed by atoms with E-state index in [4.69, 9.17) is 20.7 Å². The Morgan fingerprint density at radius 2 is 1.80 bits per heavy atom. The summed E-state index contributed by atoms with van der Waals surface area (Å²) in [6.07, 6.45) is -4.98. The normalized spacial score (nSPS) is 11.9. The smallest absolute Gasteiger partial charge is 0.481 e. The highest BCUT2D eigenvalue weighted by atomic mass is 32.1. The molecule has 4 N–H and O–H groups in total. The predicted molar refractivity (Wildman–Crippen MR) is 80.8 cm³/mol. The van der Waals surface area contributed by atoms with E-state index in [9.17, 15) is 22.8 Å². The Kier molecular flexibility index (Phi) is 8.81. The third-order valence-electron chi connectivity index (χ3n) is 2.68. The number of nitrogens with two attached hydrogens (primary N) is 1. The van der Waals surface area contributed by atoms with Crippen LogP contribution < -0.4 is 5.73 Å². The summed E-state index contributed by atoms with van der Waals surface area (Å²) in [5.74, 6) is -4.43. The highest BCUT2D eigenvalue weighted by molar-refractivity contribution is 7.15. The first-order valence-electron chi connectivity index (χ1n) is 6.77. The van der Waals surface area contributed by atoms with Crippen molar-refractivity contribution < 1.29 is 37.8 Å². The lowest BCUT2D eigenvalue weighted by Gasteiger charge is -2.22. The van der Waals surface area contributed by atoms with Crippen LogP contribution in [0.15, 0.2) is 0 Å². The molecule has 0 aromatic carbocycles. The van der Waals surface area contributed by atoms with Crippen LogP contribution in [0.2, 0.25) is 0 Å². The number of aromatic nitrogens is 2. The fourth-order valence-corrected chi connectivity index (χ4v) is 2.00. The number of carbonyl (C=O) groups excluding carboxylic acids is 1. The molecule has 0 saturated carbocycles. The summed E-state index contributed by atoms with van der Waals surface area (Å²) in [4.78, 5) is 33.1. The van der Waals surface area contributed by atoms with Crippen molar-refractivity contribution in [2.24, 2.45) is 5.92 Å². The van der Waals surface area contributed by atoms with E-state index in [1.165, 1.54) is 4.90 Å². The molecule has 0 fully saturated rings. The molecule has 0 spiro atoms. The second kappa shape index (κ2) is 9.76. The number of hydrogen-bond donors (Lipinski definition) is 3. The van der Waals surface area contributed by atoms with Crippen LogP contribution in [0, 0.1) is 5.92 Å². The summed E-state index contributed by atoms with van der Waals surface area (Å²) < 4.78 is 31.7. The van der Waals surface area contributed by atoms with E-state index in [0.717, 1.165) is 11.3 Å². The lowest BCUT2D eigenvalue weighted by molar-refractivity contribution is -0.192. The van der Waals surface area contributed by atoms with Gasteiger partial charge in [0, 0.05) is 13.1 Å². The van der Waals surface area contributed by atoms with Crippen LogP contribution in [0.25, 0.3) is 0 Å². The fraction of sp³-hybridized carbons (Fsp3) is 0.583. The van der Waals surface area contributed by atoms with Gasteiger partial charge in [0.25, 0.3) is 0 Å². The predicted octanol–water partition coefficient (Wildman–Crippen LogP) is 0.865. The molecule has 0 aliphatic heterocycles. The molecule has 13 heteroatoms. The molecule has 25 heavy (non-hydrogen) atoms. The van der Waals surface area contributed by atoms with Gasteiger partial charge < -0.3 is 20.8 Å². The molecule has 1 unspecified atom stereocenters. The number of rotatable bonds is 6. The summed E-state index contributed by atoms with van der Waals surface area (Å²) in [6.45, 7) is 4.03. The van der Waals surface area contributed by atoms with E-state index in [2.05, 4.69) is 10.2 Å². The molecule has 1 atom stereocenters. The maximum atomic E-state index is 11.9. The largest absolute Gasteiger partial charge is 0.490 e. The van der Waals surface area contributed by atoms with Crippen LogP contribution in [0.3, 0.4) is 0 Å². The van der Waals surface area contributed by atoms with Crippen LogP contribution in [-0.4, -0.2) is 62.4 Å². The summed E-state index contributed by atoms with van der Waals surface area (Å²) in [5.41, 5.74) is 5.43. The first-order valence-corrected chi connectivity index (χ1v) is 7.58. The van der Waals surface area contributed by atoms with Crippen LogP contribution >= 0.6 is 11.3 Å². The molecular weight excluding hydrogens is 369 g/mol. The Bertz CT molecular complexity index is 608. The Balaban J connectivity index is 0.000000697. The molecule has 0 radical (unpaired) electrons. The van der Waals surface area contributed by atoms with Gasteiger partial charge in [0.15, 0.2) is 0 Å². The second-order valence-electron chi connectivity index (χ2n) is 4.69. The summed E-state index contributed by atoms with van der Waals surface area (Å²) >= 11 is 1.16. The molecule has 142 valence electrons. The Morgan fingerprint density at radius 3 is 2.12 bits per heavy atom. The van der Waals surface area contributed by atoms with E-state index < -0.39 is 24.0 Å². The van der Waals surface area contributed by atoms with E-state index in [-0.39, 0.29) is 18.9 Å². The first-order chi connectivity index (χ1) is 11.4. The number of anilines is 1. The van der Waals surface area contributed by atoms with Gasteiger partial charge in [0.2, 0.25) is 11.0 Å². The zero-order valence-electron chi connectivity index (χ0n) is 13.3. The molecule has 0 aliphatic rings. The summed E-state index contributed by atoms with van der Waals surface area (Å²) in [5, 5.41) is 24.2. The highest BCUT2D eigenvalue weighted by Gasteiger charge is 2.38. The van der Waals surface area contributed by atoms with Gasteiger partial charge in [-0.1, -0.05) is 18.3 Å². The fourth-order valence-electron chi connectivity index (χ4n) is 1.40. The van der Waals surface area contributed by atoms with Gasteiger partial charge in [0.1, 0.15) is 5.01 Å². The van der Waals surface area contributed by atoms with E-state index in [0.29, 0.717) is 16.7 Å². The van der Waals surface area contributed by atoms with Crippen molar-refractivity contribution in [3.05, 3.63) is 5.01 Å². The molecular formula is C12H17F3N4O5S. The number of amides is 1. The van der Waals surface area contributed by atoms with E-state index in [1.807, 2.05) is 0 Å². The van der Waals surface area contributed by atoms with Gasteiger partial charge in [0.05, 0.1) is 12.3 Å². The molecule has 1 rings (SSSR count). The number of carboxylic acids is 2. The zero-order chi connectivity index (χ0) is 19.8. The average Bonchev–Trinajstić information content (AvgIpc) is 2.88. The number of nitrogens with zero attached hydrogens (tertiary/aromatic N) is 3. The van der Waals surface area contributed by atoms with Gasteiger partial charge in [-0.05, 0) is 6.92 Å². The Labute approximate surface area is 144 Å². The molecule has 1 amide bonds. The highest BCUT2D eigenvalue weighted by Crippen LogP contribution is 2.13. The van der Waals surface area contributed by atoms with Crippen LogP contribution in [0.4, 0.5) is 18.3 Å². The SMILES string of the molecule is CCN(CC(C)C(=O)O)C(=O)Cc1nnc(N)s1.O=C(O)C(F)(F)F.